The van der Waals surface area contributed by atoms with Crippen molar-refractivity contribution < 1.29 is 13.3 Å². The fourth-order valence-electron chi connectivity index (χ4n) is 2.67. The van der Waals surface area contributed by atoms with Gasteiger partial charge in [-0.1, -0.05) is 37.3 Å². The molecule has 1 aliphatic rings. The molecule has 2 rings (SSSR count). The highest BCUT2D eigenvalue weighted by Gasteiger charge is 2.49. The summed E-state index contributed by atoms with van der Waals surface area (Å²) < 4.78 is 25.1. The fraction of sp³-hybridized carbons (Fsp3) is 0.385. The first-order valence-corrected chi connectivity index (χ1v) is 7.50. The van der Waals surface area contributed by atoms with Crippen LogP contribution in [-0.4, -0.2) is 24.6 Å². The van der Waals surface area contributed by atoms with E-state index >= 15 is 0 Å². The van der Waals surface area contributed by atoms with Crippen molar-refractivity contribution in [1.82, 2.24) is 0 Å². The van der Waals surface area contributed by atoms with E-state index in [9.17, 15) is 18.5 Å². The van der Waals surface area contributed by atoms with E-state index in [-0.39, 0.29) is 11.3 Å². The highest BCUT2D eigenvalue weighted by atomic mass is 32.2. The van der Waals surface area contributed by atoms with Gasteiger partial charge in [0.15, 0.2) is 9.84 Å². The molecule has 1 aliphatic carbocycles. The van der Waals surface area contributed by atoms with E-state index in [1.54, 1.807) is 25.1 Å². The van der Waals surface area contributed by atoms with Crippen molar-refractivity contribution in [2.45, 2.75) is 29.5 Å². The molecule has 0 N–H and O–H groups in total. The minimum absolute atomic E-state index is 0.130. The van der Waals surface area contributed by atoms with Crippen molar-refractivity contribution in [3.8, 4) is 0 Å². The van der Waals surface area contributed by atoms with E-state index in [4.69, 9.17) is 0 Å². The number of rotatable bonds is 3. The Kier molecular flexibility index (Phi) is 3.45. The molecule has 0 aromatic heterocycles. The van der Waals surface area contributed by atoms with E-state index in [1.807, 2.05) is 0 Å². The summed E-state index contributed by atoms with van der Waals surface area (Å²) in [6.45, 7) is 5.33. The first-order chi connectivity index (χ1) is 8.85. The summed E-state index contributed by atoms with van der Waals surface area (Å²) in [5.41, 5.74) is 0.429. The van der Waals surface area contributed by atoms with E-state index < -0.39 is 32.0 Å². The van der Waals surface area contributed by atoms with Gasteiger partial charge in [0.2, 0.25) is 6.04 Å². The van der Waals surface area contributed by atoms with E-state index in [2.05, 4.69) is 6.58 Å². The Morgan fingerprint density at radius 1 is 1.32 bits per heavy atom. The molecule has 0 heterocycles. The second kappa shape index (κ2) is 4.77. The van der Waals surface area contributed by atoms with Crippen molar-refractivity contribution in [2.24, 2.45) is 5.92 Å². The number of hydrogen-bond donors (Lipinski definition) is 0. The predicted octanol–water partition coefficient (Wildman–Crippen LogP) is 2.07. The lowest BCUT2D eigenvalue weighted by Gasteiger charge is -2.17. The van der Waals surface area contributed by atoms with Gasteiger partial charge < -0.3 is 0 Å². The smallest absolute Gasteiger partial charge is 0.220 e. The lowest BCUT2D eigenvalue weighted by atomic mass is 10.1. The first kappa shape index (κ1) is 13.7. The normalized spacial score (nSPS) is 27.4. The van der Waals surface area contributed by atoms with E-state index in [0.29, 0.717) is 5.57 Å². The number of nitro groups is 1. The summed E-state index contributed by atoms with van der Waals surface area (Å²) in [5.74, 6) is -0.562. The zero-order chi connectivity index (χ0) is 14.2. The summed E-state index contributed by atoms with van der Waals surface area (Å²) >= 11 is 0. The van der Waals surface area contributed by atoms with Crippen molar-refractivity contribution in [2.75, 3.05) is 0 Å². The van der Waals surface area contributed by atoms with Crippen LogP contribution in [0.2, 0.25) is 0 Å². The van der Waals surface area contributed by atoms with Crippen LogP contribution in [0.4, 0.5) is 0 Å². The SMILES string of the molecule is C=C1C[C@H]([N+](=O)[O-])[C@@H](C)[C@H]1S(=O)(=O)c1ccccc1. The van der Waals surface area contributed by atoms with Crippen LogP contribution in [0.3, 0.4) is 0 Å². The van der Waals surface area contributed by atoms with Gasteiger partial charge in [-0.2, -0.15) is 0 Å². The zero-order valence-electron chi connectivity index (χ0n) is 10.5. The number of hydrogen-bond acceptors (Lipinski definition) is 4. The van der Waals surface area contributed by atoms with Gasteiger partial charge in [-0.15, -0.1) is 0 Å². The number of nitrogens with zero attached hydrogens (tertiary/aromatic N) is 1. The van der Waals surface area contributed by atoms with Crippen LogP contribution in [0.15, 0.2) is 47.4 Å². The van der Waals surface area contributed by atoms with Gasteiger partial charge in [-0.25, -0.2) is 8.42 Å². The van der Waals surface area contributed by atoms with Crippen molar-refractivity contribution in [3.63, 3.8) is 0 Å². The Bertz CT molecular complexity index is 609. The average Bonchev–Trinajstić information content (AvgIpc) is 2.66. The fourth-order valence-corrected chi connectivity index (χ4v) is 4.78. The van der Waals surface area contributed by atoms with Gasteiger partial charge in [0.25, 0.3) is 0 Å². The lowest BCUT2D eigenvalue weighted by molar-refractivity contribution is -0.527. The van der Waals surface area contributed by atoms with Crippen LogP contribution in [0.5, 0.6) is 0 Å². The maximum Gasteiger partial charge on any atom is 0.220 e. The third-order valence-electron chi connectivity index (χ3n) is 3.63. The van der Waals surface area contributed by atoms with Crippen molar-refractivity contribution in [1.29, 1.82) is 0 Å². The molecule has 102 valence electrons. The molecule has 0 spiro atoms. The Hall–Kier alpha value is -1.69. The Morgan fingerprint density at radius 3 is 2.37 bits per heavy atom. The minimum atomic E-state index is -3.61. The number of benzene rings is 1. The van der Waals surface area contributed by atoms with E-state index in [0.717, 1.165) is 0 Å². The second-order valence-corrected chi connectivity index (χ2v) is 6.92. The van der Waals surface area contributed by atoms with Crippen LogP contribution in [0.1, 0.15) is 13.3 Å². The zero-order valence-corrected chi connectivity index (χ0v) is 11.3. The average molecular weight is 281 g/mol. The molecule has 1 fully saturated rings. The lowest BCUT2D eigenvalue weighted by Crippen LogP contribution is -2.32. The van der Waals surface area contributed by atoms with Crippen LogP contribution in [0, 0.1) is 16.0 Å². The van der Waals surface area contributed by atoms with Crippen molar-refractivity contribution in [3.05, 3.63) is 52.6 Å². The molecule has 6 heteroatoms. The maximum atomic E-state index is 12.5. The minimum Gasteiger partial charge on any atom is -0.264 e. The Morgan fingerprint density at radius 2 is 1.89 bits per heavy atom. The Balaban J connectivity index is 2.42. The molecule has 19 heavy (non-hydrogen) atoms. The molecule has 0 unspecified atom stereocenters. The molecule has 0 radical (unpaired) electrons. The predicted molar refractivity (Wildman–Crippen MR) is 71.1 cm³/mol. The standard InChI is InChI=1S/C13H15NO4S/c1-9-8-12(14(15)16)10(2)13(9)19(17,18)11-6-4-3-5-7-11/h3-7,10,12-13H,1,8H2,2H3/t10-,12+,13+/m1/s1. The summed E-state index contributed by atoms with van der Waals surface area (Å²) in [4.78, 5) is 10.7. The van der Waals surface area contributed by atoms with Crippen LogP contribution < -0.4 is 0 Å². The molecular weight excluding hydrogens is 266 g/mol. The molecule has 3 atom stereocenters. The topological polar surface area (TPSA) is 77.3 Å². The van der Waals surface area contributed by atoms with Gasteiger partial charge in [0.05, 0.1) is 10.1 Å². The molecule has 1 aromatic rings. The Labute approximate surface area is 112 Å². The quantitative estimate of drug-likeness (QED) is 0.483. The first-order valence-electron chi connectivity index (χ1n) is 5.96. The monoisotopic (exact) mass is 281 g/mol. The van der Waals surface area contributed by atoms with Crippen LogP contribution in [-0.2, 0) is 9.84 Å². The van der Waals surface area contributed by atoms with E-state index in [1.165, 1.54) is 12.1 Å². The highest BCUT2D eigenvalue weighted by Crippen LogP contribution is 2.38. The summed E-state index contributed by atoms with van der Waals surface area (Å²) in [6.07, 6.45) is 0.130. The van der Waals surface area contributed by atoms with Gasteiger partial charge >= 0.3 is 0 Å². The largest absolute Gasteiger partial charge is 0.264 e. The summed E-state index contributed by atoms with van der Waals surface area (Å²) in [6, 6.07) is 7.16. The summed E-state index contributed by atoms with van der Waals surface area (Å²) in [5, 5.41) is 10.1. The van der Waals surface area contributed by atoms with Gasteiger partial charge in [-0.3, -0.25) is 10.1 Å². The van der Waals surface area contributed by atoms with Crippen molar-refractivity contribution >= 4 is 9.84 Å². The molecule has 0 saturated heterocycles. The second-order valence-electron chi connectivity index (χ2n) is 4.85. The molecule has 0 amide bonds. The molecule has 1 aromatic carbocycles. The van der Waals surface area contributed by atoms with Gasteiger partial charge in [0, 0.05) is 17.3 Å². The molecule has 5 nitrogen and oxygen atoms in total. The van der Waals surface area contributed by atoms with Crippen LogP contribution in [0.25, 0.3) is 0 Å². The third-order valence-corrected chi connectivity index (χ3v) is 6.00. The summed E-state index contributed by atoms with van der Waals surface area (Å²) in [7, 11) is -3.61. The molecular formula is C13H15NO4S. The molecule has 1 saturated carbocycles. The maximum absolute atomic E-state index is 12.5. The molecule has 0 bridgehead atoms. The molecule has 0 aliphatic heterocycles. The third kappa shape index (κ3) is 2.28. The van der Waals surface area contributed by atoms with Crippen LogP contribution >= 0.6 is 0 Å². The number of sulfone groups is 1. The van der Waals surface area contributed by atoms with Gasteiger partial charge in [-0.05, 0) is 12.1 Å². The highest BCUT2D eigenvalue weighted by molar-refractivity contribution is 7.92. The van der Waals surface area contributed by atoms with Gasteiger partial charge in [0.1, 0.15) is 0 Å².